The fourth-order valence-corrected chi connectivity index (χ4v) is 3.74. The van der Waals surface area contributed by atoms with Crippen molar-refractivity contribution < 1.29 is 19.8 Å². The molecule has 0 heterocycles. The van der Waals surface area contributed by atoms with Gasteiger partial charge in [-0.3, -0.25) is 0 Å². The van der Waals surface area contributed by atoms with Gasteiger partial charge in [0, 0.05) is 0 Å². The van der Waals surface area contributed by atoms with E-state index in [0.717, 1.165) is 22.3 Å². The van der Waals surface area contributed by atoms with E-state index < -0.39 is 11.9 Å². The van der Waals surface area contributed by atoms with Crippen molar-refractivity contribution in [2.24, 2.45) is 0 Å². The van der Waals surface area contributed by atoms with E-state index in [4.69, 9.17) is 0 Å². The fraction of sp³-hybridized carbons (Fsp3) is 0.231. The third-order valence-electron chi connectivity index (χ3n) is 5.34. The van der Waals surface area contributed by atoms with Crippen LogP contribution in [-0.2, 0) is 11.8 Å². The zero-order chi connectivity index (χ0) is 22.1. The molecule has 0 amide bonds. The molecule has 4 nitrogen and oxygen atoms in total. The minimum atomic E-state index is -1.01. The maximum atomic E-state index is 12.0. The number of carboxylic acid groups (broad SMARTS) is 2. The average molecular weight is 402 g/mol. The molecule has 3 rings (SSSR count). The zero-order valence-corrected chi connectivity index (χ0v) is 17.7. The van der Waals surface area contributed by atoms with Crippen molar-refractivity contribution in [3.63, 3.8) is 0 Å². The lowest BCUT2D eigenvalue weighted by Gasteiger charge is -2.25. The molecular formula is C26H26O4. The van der Waals surface area contributed by atoms with Crippen LogP contribution in [0.1, 0.15) is 59.5 Å². The Labute approximate surface area is 176 Å². The molecular weight excluding hydrogens is 376 g/mol. The van der Waals surface area contributed by atoms with Gasteiger partial charge in [-0.2, -0.15) is 0 Å². The van der Waals surface area contributed by atoms with Crippen LogP contribution in [0.5, 0.6) is 0 Å². The van der Waals surface area contributed by atoms with Crippen LogP contribution in [0.4, 0.5) is 0 Å². The van der Waals surface area contributed by atoms with Crippen LogP contribution in [0.3, 0.4) is 0 Å². The molecule has 0 aliphatic rings. The van der Waals surface area contributed by atoms with Gasteiger partial charge in [-0.15, -0.1) is 0 Å². The summed E-state index contributed by atoms with van der Waals surface area (Å²) >= 11 is 0. The first-order chi connectivity index (χ1) is 14.1. The molecule has 0 aliphatic carbocycles. The largest absolute Gasteiger partial charge is 0.478 e. The number of hydrogen-bond donors (Lipinski definition) is 2. The second-order valence-electron chi connectivity index (χ2n) is 8.36. The van der Waals surface area contributed by atoms with Crippen molar-refractivity contribution >= 4 is 11.9 Å². The summed E-state index contributed by atoms with van der Waals surface area (Å²) in [6.07, 6.45) is 0.690. The summed E-state index contributed by atoms with van der Waals surface area (Å²) < 4.78 is 0. The molecule has 4 heteroatoms. The molecule has 0 spiro atoms. The first-order valence-electron chi connectivity index (χ1n) is 9.98. The molecule has 30 heavy (non-hydrogen) atoms. The summed E-state index contributed by atoms with van der Waals surface area (Å²) in [7, 11) is 0. The Morgan fingerprint density at radius 3 is 1.77 bits per heavy atom. The van der Waals surface area contributed by atoms with Gasteiger partial charge in [0.2, 0.25) is 0 Å². The summed E-state index contributed by atoms with van der Waals surface area (Å²) in [5.74, 6) is -2.02. The minimum absolute atomic E-state index is 0.151. The Balaban J connectivity index is 2.50. The Morgan fingerprint density at radius 1 is 0.767 bits per heavy atom. The van der Waals surface area contributed by atoms with Crippen molar-refractivity contribution in [2.45, 2.75) is 39.5 Å². The van der Waals surface area contributed by atoms with E-state index in [9.17, 15) is 19.8 Å². The highest BCUT2D eigenvalue weighted by Gasteiger charge is 2.24. The Bertz CT molecular complexity index is 1120. The van der Waals surface area contributed by atoms with Crippen molar-refractivity contribution in [2.75, 3.05) is 0 Å². The first-order valence-corrected chi connectivity index (χ1v) is 9.98. The maximum Gasteiger partial charge on any atom is 0.336 e. The molecule has 0 aliphatic heterocycles. The number of carbonyl (C=O) groups is 2. The average Bonchev–Trinajstić information content (AvgIpc) is 2.72. The molecule has 0 bridgehead atoms. The number of benzene rings is 3. The van der Waals surface area contributed by atoms with E-state index in [1.54, 1.807) is 36.4 Å². The fourth-order valence-electron chi connectivity index (χ4n) is 3.74. The summed E-state index contributed by atoms with van der Waals surface area (Å²) in [6.45, 7) is 8.36. The molecule has 0 fully saturated rings. The minimum Gasteiger partial charge on any atom is -0.478 e. The smallest absolute Gasteiger partial charge is 0.336 e. The monoisotopic (exact) mass is 402 g/mol. The number of aromatic carboxylic acids is 2. The van der Waals surface area contributed by atoms with Gasteiger partial charge < -0.3 is 10.2 Å². The third-order valence-corrected chi connectivity index (χ3v) is 5.34. The summed E-state index contributed by atoms with van der Waals surface area (Å²) in [4.78, 5) is 23.9. The standard InChI is InChI=1S/C26H26O4/c1-5-16-14-17(26(2,3)4)15-22(18-10-6-8-12-20(18)24(27)28)23(16)19-11-7-9-13-21(19)25(29)30/h6-15H,5H2,1-4H3,(H,27,28)(H,29,30). The van der Waals surface area contributed by atoms with Crippen LogP contribution >= 0.6 is 0 Å². The quantitative estimate of drug-likeness (QED) is 0.527. The van der Waals surface area contributed by atoms with E-state index in [1.165, 1.54) is 0 Å². The Morgan fingerprint density at radius 2 is 1.27 bits per heavy atom. The second-order valence-corrected chi connectivity index (χ2v) is 8.36. The summed E-state index contributed by atoms with van der Waals surface area (Å²) in [6, 6.07) is 17.9. The molecule has 2 N–H and O–H groups in total. The van der Waals surface area contributed by atoms with Gasteiger partial charge >= 0.3 is 11.9 Å². The maximum absolute atomic E-state index is 12.0. The topological polar surface area (TPSA) is 74.6 Å². The van der Waals surface area contributed by atoms with Crippen molar-refractivity contribution in [1.29, 1.82) is 0 Å². The van der Waals surface area contributed by atoms with Crippen LogP contribution in [0.2, 0.25) is 0 Å². The highest BCUT2D eigenvalue weighted by Crippen LogP contribution is 2.41. The number of aryl methyl sites for hydroxylation is 1. The number of rotatable bonds is 5. The highest BCUT2D eigenvalue weighted by molar-refractivity contribution is 6.03. The third kappa shape index (κ3) is 3.99. The lowest BCUT2D eigenvalue weighted by atomic mass is 9.79. The number of carboxylic acids is 2. The highest BCUT2D eigenvalue weighted by atomic mass is 16.4. The molecule has 3 aromatic rings. The van der Waals surface area contributed by atoms with Gasteiger partial charge in [0.25, 0.3) is 0 Å². The van der Waals surface area contributed by atoms with Gasteiger partial charge in [0.15, 0.2) is 0 Å². The van der Waals surface area contributed by atoms with Gasteiger partial charge in [0.1, 0.15) is 0 Å². The molecule has 0 atom stereocenters. The second kappa shape index (κ2) is 8.15. The molecule has 0 saturated carbocycles. The SMILES string of the molecule is CCc1cc(C(C)(C)C)cc(-c2ccccc2C(=O)O)c1-c1ccccc1C(=O)O. The molecule has 0 radical (unpaired) electrons. The van der Waals surface area contributed by atoms with Crippen molar-refractivity contribution in [1.82, 2.24) is 0 Å². The summed E-state index contributed by atoms with van der Waals surface area (Å²) in [5, 5.41) is 19.6. The first kappa shape index (κ1) is 21.3. The van der Waals surface area contributed by atoms with Crippen LogP contribution in [0, 0.1) is 0 Å². The lowest BCUT2D eigenvalue weighted by molar-refractivity contribution is 0.0686. The van der Waals surface area contributed by atoms with Gasteiger partial charge in [-0.25, -0.2) is 9.59 Å². The molecule has 0 saturated heterocycles. The van der Waals surface area contributed by atoms with Gasteiger partial charge in [0.05, 0.1) is 11.1 Å². The van der Waals surface area contributed by atoms with E-state index in [0.29, 0.717) is 17.5 Å². The molecule has 0 unspecified atom stereocenters. The predicted molar refractivity (Wildman–Crippen MR) is 119 cm³/mol. The molecule has 3 aromatic carbocycles. The molecule has 0 aromatic heterocycles. The van der Waals surface area contributed by atoms with Crippen molar-refractivity contribution in [3.05, 3.63) is 82.9 Å². The summed E-state index contributed by atoms with van der Waals surface area (Å²) in [5.41, 5.74) is 5.00. The van der Waals surface area contributed by atoms with Gasteiger partial charge in [-0.05, 0) is 63.4 Å². The van der Waals surface area contributed by atoms with Gasteiger partial charge in [-0.1, -0.05) is 70.2 Å². The predicted octanol–water partition coefficient (Wildman–Crippen LogP) is 6.28. The van der Waals surface area contributed by atoms with Crippen LogP contribution in [0.15, 0.2) is 60.7 Å². The van der Waals surface area contributed by atoms with E-state index in [-0.39, 0.29) is 16.5 Å². The Kier molecular flexibility index (Phi) is 5.79. The van der Waals surface area contributed by atoms with Crippen LogP contribution < -0.4 is 0 Å². The zero-order valence-electron chi connectivity index (χ0n) is 17.7. The van der Waals surface area contributed by atoms with E-state index in [2.05, 4.69) is 26.8 Å². The van der Waals surface area contributed by atoms with E-state index in [1.807, 2.05) is 25.1 Å². The van der Waals surface area contributed by atoms with E-state index >= 15 is 0 Å². The lowest BCUT2D eigenvalue weighted by Crippen LogP contribution is -2.13. The van der Waals surface area contributed by atoms with Crippen molar-refractivity contribution in [3.8, 4) is 22.3 Å². The Hall–Kier alpha value is -3.40. The normalized spacial score (nSPS) is 11.3. The van der Waals surface area contributed by atoms with Crippen LogP contribution in [-0.4, -0.2) is 22.2 Å². The number of hydrogen-bond acceptors (Lipinski definition) is 2. The molecule has 154 valence electrons. The van der Waals surface area contributed by atoms with Crippen LogP contribution in [0.25, 0.3) is 22.3 Å².